The number of nitrogens with two attached hydrogens (primary N) is 1. The highest BCUT2D eigenvalue weighted by molar-refractivity contribution is 7.98. The molecule has 14 heteroatoms. The lowest BCUT2D eigenvalue weighted by molar-refractivity contribution is 0.0386. The number of carbonyl (C=O) groups excluding carboxylic acids is 2. The second-order valence-corrected chi connectivity index (χ2v) is 17.7. The summed E-state index contributed by atoms with van der Waals surface area (Å²) in [5.41, 5.74) is 10.8. The Hall–Kier alpha value is -5.63. The number of nitrogens with one attached hydrogen (secondary N) is 2. The first kappa shape index (κ1) is 44.0. The fourth-order valence-corrected chi connectivity index (χ4v) is 9.65. The number of rotatable bonds is 16. The van der Waals surface area contributed by atoms with Crippen molar-refractivity contribution in [3.8, 4) is 16.9 Å². The van der Waals surface area contributed by atoms with E-state index in [1.807, 2.05) is 90.0 Å². The molecule has 0 bridgehead atoms. The molecule has 3 atom stereocenters. The summed E-state index contributed by atoms with van der Waals surface area (Å²) in [4.78, 5) is 50.3. The number of aromatic amines is 1. The first-order chi connectivity index (χ1) is 30.7. The molecular weight excluding hydrogens is 839 g/mol. The molecule has 8 rings (SSSR count). The smallest absolute Gasteiger partial charge is 0.410 e. The Morgan fingerprint density at radius 1 is 0.952 bits per heavy atom. The lowest BCUT2D eigenvalue weighted by Crippen LogP contribution is -2.46. The normalized spacial score (nSPS) is 16.8. The van der Waals surface area contributed by atoms with Gasteiger partial charge in [-0.15, -0.1) is 11.8 Å². The van der Waals surface area contributed by atoms with E-state index in [2.05, 4.69) is 15.3 Å². The van der Waals surface area contributed by atoms with Gasteiger partial charge in [0.05, 0.1) is 22.4 Å². The van der Waals surface area contributed by atoms with Gasteiger partial charge in [0.25, 0.3) is 0 Å². The van der Waals surface area contributed by atoms with Gasteiger partial charge in [-0.2, -0.15) is 4.98 Å². The van der Waals surface area contributed by atoms with E-state index in [4.69, 9.17) is 26.8 Å². The van der Waals surface area contributed by atoms with E-state index < -0.39 is 17.6 Å². The summed E-state index contributed by atoms with van der Waals surface area (Å²) in [6.07, 6.45) is 10.3. The van der Waals surface area contributed by atoms with Crippen LogP contribution in [0, 0.1) is 11.7 Å². The van der Waals surface area contributed by atoms with Crippen LogP contribution in [0.4, 0.5) is 14.0 Å². The summed E-state index contributed by atoms with van der Waals surface area (Å²) in [5.74, 6) is -0.160. The molecule has 63 heavy (non-hydrogen) atoms. The molecule has 6 aromatic rings. The molecule has 2 amide bonds. The molecule has 2 aromatic heterocycles. The number of hydrogen-bond donors (Lipinski definition) is 3. The quantitative estimate of drug-likeness (QED) is 0.0815. The van der Waals surface area contributed by atoms with Crippen LogP contribution in [0.15, 0.2) is 113 Å². The average molecular weight is 892 g/mol. The number of thioether (sulfide) groups is 1. The summed E-state index contributed by atoms with van der Waals surface area (Å²) in [6, 6.07) is 29.9. The van der Waals surface area contributed by atoms with E-state index in [1.54, 1.807) is 36.2 Å². The van der Waals surface area contributed by atoms with E-state index in [1.165, 1.54) is 4.57 Å². The van der Waals surface area contributed by atoms with E-state index in [0.717, 1.165) is 72.1 Å². The lowest BCUT2D eigenvalue weighted by atomic mass is 9.89. The topological polar surface area (TPSA) is 145 Å². The molecular formula is C49H52ClFN6O5S. The number of nitrogens with zero attached hydrogens (tertiary/aromatic N) is 3. The van der Waals surface area contributed by atoms with Crippen LogP contribution < -0.4 is 16.7 Å². The van der Waals surface area contributed by atoms with Crippen LogP contribution in [0.25, 0.3) is 28.0 Å². The van der Waals surface area contributed by atoms with Crippen LogP contribution in [0.5, 0.6) is 0 Å². The number of H-pyrrole nitrogens is 1. The van der Waals surface area contributed by atoms with Gasteiger partial charge in [0.2, 0.25) is 0 Å². The molecule has 1 aliphatic carbocycles. The average Bonchev–Trinajstić information content (AvgIpc) is 4.07. The van der Waals surface area contributed by atoms with E-state index in [0.29, 0.717) is 47.7 Å². The first-order valence-corrected chi connectivity index (χ1v) is 23.2. The van der Waals surface area contributed by atoms with Gasteiger partial charge in [0.1, 0.15) is 18.9 Å². The van der Waals surface area contributed by atoms with Gasteiger partial charge >= 0.3 is 17.9 Å². The van der Waals surface area contributed by atoms with Crippen molar-refractivity contribution in [3.05, 3.63) is 147 Å². The molecule has 0 spiro atoms. The Labute approximate surface area is 375 Å². The van der Waals surface area contributed by atoms with Crippen molar-refractivity contribution in [1.82, 2.24) is 24.8 Å². The van der Waals surface area contributed by atoms with Gasteiger partial charge in [0.15, 0.2) is 5.82 Å². The van der Waals surface area contributed by atoms with Crippen molar-refractivity contribution >= 4 is 46.6 Å². The number of halogens is 2. The molecule has 11 nitrogen and oxygen atoms in total. The summed E-state index contributed by atoms with van der Waals surface area (Å²) < 4.78 is 28.6. The molecule has 4 aromatic carbocycles. The number of piperidine rings is 1. The Kier molecular flexibility index (Phi) is 14.1. The number of amides is 2. The number of likely N-dealkylation sites (tertiary alicyclic amines) is 1. The Balaban J connectivity index is 0.979. The lowest BCUT2D eigenvalue weighted by Gasteiger charge is -2.42. The first-order valence-electron chi connectivity index (χ1n) is 21.6. The molecule has 3 heterocycles. The van der Waals surface area contributed by atoms with Gasteiger partial charge in [-0.1, -0.05) is 78.3 Å². The molecule has 1 aliphatic heterocycles. The Morgan fingerprint density at radius 3 is 2.38 bits per heavy atom. The Bertz CT molecular complexity index is 2600. The van der Waals surface area contributed by atoms with E-state index in [9.17, 15) is 14.4 Å². The van der Waals surface area contributed by atoms with Crippen molar-refractivity contribution < 1.29 is 23.5 Å². The molecule has 0 radical (unpaired) electrons. The molecule has 2 fully saturated rings. The fraction of sp³-hybridized carbons (Fsp3) is 0.347. The number of ether oxygens (including phenoxy) is 2. The highest BCUT2D eigenvalue weighted by atomic mass is 35.5. The zero-order chi connectivity index (χ0) is 43.9. The Morgan fingerprint density at radius 2 is 1.68 bits per heavy atom. The van der Waals surface area contributed by atoms with E-state index >= 15 is 4.39 Å². The number of benzene rings is 4. The van der Waals surface area contributed by atoms with Crippen molar-refractivity contribution in [2.45, 2.75) is 94.0 Å². The highest BCUT2D eigenvalue weighted by Crippen LogP contribution is 2.41. The largest absolute Gasteiger partial charge is 0.445 e. The molecule has 2 aliphatic rings. The van der Waals surface area contributed by atoms with Crippen molar-refractivity contribution in [2.24, 2.45) is 11.7 Å². The zero-order valence-electron chi connectivity index (χ0n) is 35.2. The predicted molar refractivity (Wildman–Crippen MR) is 246 cm³/mol. The predicted octanol–water partition coefficient (Wildman–Crippen LogP) is 10.5. The fourth-order valence-electron chi connectivity index (χ4n) is 8.73. The third kappa shape index (κ3) is 10.6. The summed E-state index contributed by atoms with van der Waals surface area (Å²) in [5, 5.41) is 3.67. The molecule has 1 saturated heterocycles. The summed E-state index contributed by atoms with van der Waals surface area (Å²) in [6.45, 7) is 0.834. The standard InChI is InChI=1S/C49H52ClFN6O5S/c1-63-44-27-37(20-21-38(44)43-17-9-15-36(22-23-52)57(43)49(60)62-30-32-12-6-3-7-13-32)56-28-35-26-42(53-46(35)55-47(56)58)39-24-33(25-40(50)45(39)51)14-8-16-41(34-18-19-34)54-48(59)61-29-31-10-4-2-5-11-31/h2-7,10-13,20-21,24-28,34,36,41,43H,8-9,14-19,22-23,29-30,52H2,1H3,(H,54,59)(H,53,55,58)/t36-,41?,43-/m0/s1. The van der Waals surface area contributed by atoms with Crippen LogP contribution in [0.2, 0.25) is 5.02 Å². The van der Waals surface area contributed by atoms with Crippen LogP contribution in [0.3, 0.4) is 0 Å². The summed E-state index contributed by atoms with van der Waals surface area (Å²) in [7, 11) is 0. The molecule has 1 saturated carbocycles. The number of aryl methyl sites for hydroxylation is 1. The third-order valence-corrected chi connectivity index (χ3v) is 13.2. The van der Waals surface area contributed by atoms with Crippen molar-refractivity contribution in [2.75, 3.05) is 12.8 Å². The maximum Gasteiger partial charge on any atom is 0.410 e. The second-order valence-electron chi connectivity index (χ2n) is 16.4. The summed E-state index contributed by atoms with van der Waals surface area (Å²) >= 11 is 8.02. The van der Waals surface area contributed by atoms with Gasteiger partial charge in [-0.3, -0.25) is 9.47 Å². The number of aromatic nitrogens is 3. The monoisotopic (exact) mass is 890 g/mol. The number of fused-ring (bicyclic) bond motifs is 1. The third-order valence-electron chi connectivity index (χ3n) is 12.1. The second kappa shape index (κ2) is 20.3. The highest BCUT2D eigenvalue weighted by Gasteiger charge is 2.37. The molecule has 1 unspecified atom stereocenters. The van der Waals surface area contributed by atoms with Crippen LogP contribution in [-0.4, -0.2) is 56.5 Å². The maximum atomic E-state index is 15.7. The van der Waals surface area contributed by atoms with Crippen molar-refractivity contribution in [1.29, 1.82) is 0 Å². The number of carbonyl (C=O) groups is 2. The minimum atomic E-state index is -0.574. The SMILES string of the molecule is CSc1cc(-n2cc3cc(-c4cc(CCCC(NC(=O)OCc5ccccc5)C5CC5)cc(Cl)c4F)[nH]c3nc2=O)ccc1[C@@H]1CCC[C@@H](CCN)N1C(=O)OCc1ccccc1. The zero-order valence-corrected chi connectivity index (χ0v) is 36.8. The minimum Gasteiger partial charge on any atom is -0.445 e. The number of hydrogen-bond acceptors (Lipinski definition) is 8. The maximum absolute atomic E-state index is 15.7. The molecule has 328 valence electrons. The van der Waals surface area contributed by atoms with Gasteiger partial charge < -0.3 is 25.5 Å². The van der Waals surface area contributed by atoms with Gasteiger partial charge in [-0.25, -0.2) is 18.8 Å². The number of alkyl carbamates (subject to hydrolysis) is 1. The van der Waals surface area contributed by atoms with Crippen LogP contribution in [0.1, 0.15) is 79.7 Å². The van der Waals surface area contributed by atoms with Gasteiger partial charge in [0, 0.05) is 34.1 Å². The van der Waals surface area contributed by atoms with E-state index in [-0.39, 0.29) is 48.0 Å². The minimum absolute atomic E-state index is 0.00456. The van der Waals surface area contributed by atoms with Crippen LogP contribution in [-0.2, 0) is 29.1 Å². The molecule has 4 N–H and O–H groups in total. The van der Waals surface area contributed by atoms with Gasteiger partial charge in [-0.05, 0) is 129 Å². The van der Waals surface area contributed by atoms with Crippen molar-refractivity contribution in [3.63, 3.8) is 0 Å². The van der Waals surface area contributed by atoms with Crippen LogP contribution >= 0.6 is 23.4 Å².